The second-order valence-electron chi connectivity index (χ2n) is 7.18. The number of carbonyl (C=O) groups excluding carboxylic acids is 1. The molecule has 0 unspecified atom stereocenters. The third-order valence-electron chi connectivity index (χ3n) is 5.72. The molecule has 2 fully saturated rings. The number of rotatable bonds is 4. The first-order valence-electron chi connectivity index (χ1n) is 9.25. The van der Waals surface area contributed by atoms with E-state index in [9.17, 15) is 9.18 Å². The van der Waals surface area contributed by atoms with E-state index in [0.717, 1.165) is 44.6 Å². The lowest BCUT2D eigenvalue weighted by Crippen LogP contribution is -2.56. The fourth-order valence-electron chi connectivity index (χ4n) is 4.12. The molecule has 2 aliphatic rings. The van der Waals surface area contributed by atoms with Gasteiger partial charge in [0, 0.05) is 25.3 Å². The molecule has 0 saturated carbocycles. The van der Waals surface area contributed by atoms with Crippen LogP contribution in [0.25, 0.3) is 0 Å². The normalized spacial score (nSPS) is 19.7. The van der Waals surface area contributed by atoms with Crippen molar-refractivity contribution in [2.24, 2.45) is 0 Å². The maximum Gasteiger partial charge on any atom is 0.247 e. The van der Waals surface area contributed by atoms with Gasteiger partial charge in [0.25, 0.3) is 0 Å². The molecule has 0 aromatic heterocycles. The monoisotopic (exact) mass is 353 g/mol. The Bertz CT molecular complexity index is 755. The second-order valence-corrected chi connectivity index (χ2v) is 7.18. The average Bonchev–Trinajstić information content (AvgIpc) is 2.99. The predicted octanol–water partition coefficient (Wildman–Crippen LogP) is 2.80. The molecular weight excluding hydrogens is 329 g/mol. The molecule has 2 saturated heterocycles. The summed E-state index contributed by atoms with van der Waals surface area (Å²) < 4.78 is 13.3. The van der Waals surface area contributed by atoms with Crippen LogP contribution in [0.3, 0.4) is 0 Å². The van der Waals surface area contributed by atoms with E-state index in [0.29, 0.717) is 6.67 Å². The van der Waals surface area contributed by atoms with Gasteiger partial charge in [-0.1, -0.05) is 30.3 Å². The van der Waals surface area contributed by atoms with Crippen molar-refractivity contribution in [3.05, 3.63) is 66.0 Å². The molecule has 5 heteroatoms. The third-order valence-corrected chi connectivity index (χ3v) is 5.72. The van der Waals surface area contributed by atoms with Crippen molar-refractivity contribution in [3.63, 3.8) is 0 Å². The van der Waals surface area contributed by atoms with Gasteiger partial charge in [-0.2, -0.15) is 0 Å². The van der Waals surface area contributed by atoms with Crippen LogP contribution < -0.4 is 10.2 Å². The summed E-state index contributed by atoms with van der Waals surface area (Å²) in [6, 6.07) is 16.9. The van der Waals surface area contributed by atoms with Crippen molar-refractivity contribution in [2.45, 2.75) is 24.8 Å². The Morgan fingerprint density at radius 3 is 2.38 bits per heavy atom. The highest BCUT2D eigenvalue weighted by Crippen LogP contribution is 2.36. The number of benzene rings is 2. The SMILES string of the molecule is O=C1NCN(c2ccc(F)cc2)C12CCN(CCc1ccccc1)CC2. The van der Waals surface area contributed by atoms with E-state index in [1.807, 2.05) is 6.07 Å². The highest BCUT2D eigenvalue weighted by Gasteiger charge is 2.50. The summed E-state index contributed by atoms with van der Waals surface area (Å²) in [4.78, 5) is 17.2. The van der Waals surface area contributed by atoms with Crippen molar-refractivity contribution in [1.82, 2.24) is 10.2 Å². The predicted molar refractivity (Wildman–Crippen MR) is 100 cm³/mol. The summed E-state index contributed by atoms with van der Waals surface area (Å²) in [5.74, 6) is -0.151. The molecule has 4 rings (SSSR count). The number of amides is 1. The molecule has 2 aromatic rings. The number of nitrogens with one attached hydrogen (secondary N) is 1. The van der Waals surface area contributed by atoms with E-state index in [4.69, 9.17) is 0 Å². The van der Waals surface area contributed by atoms with Crippen LogP contribution in [-0.4, -0.2) is 42.6 Å². The van der Waals surface area contributed by atoms with Crippen LogP contribution in [0.5, 0.6) is 0 Å². The van der Waals surface area contributed by atoms with Crippen LogP contribution in [0.4, 0.5) is 10.1 Å². The van der Waals surface area contributed by atoms with Crippen LogP contribution in [0, 0.1) is 5.82 Å². The van der Waals surface area contributed by atoms with Crippen LogP contribution >= 0.6 is 0 Å². The van der Waals surface area contributed by atoms with Crippen LogP contribution in [0.1, 0.15) is 18.4 Å². The zero-order valence-corrected chi connectivity index (χ0v) is 14.8. The Morgan fingerprint density at radius 1 is 1.00 bits per heavy atom. The summed E-state index contributed by atoms with van der Waals surface area (Å²) >= 11 is 0. The van der Waals surface area contributed by atoms with Crippen molar-refractivity contribution >= 4 is 11.6 Å². The minimum Gasteiger partial charge on any atom is -0.339 e. The van der Waals surface area contributed by atoms with Gasteiger partial charge in [-0.05, 0) is 49.1 Å². The molecule has 0 atom stereocenters. The van der Waals surface area contributed by atoms with Crippen molar-refractivity contribution in [2.75, 3.05) is 31.2 Å². The molecule has 0 bridgehead atoms. The number of nitrogens with zero attached hydrogens (tertiary/aromatic N) is 2. The smallest absolute Gasteiger partial charge is 0.247 e. The lowest BCUT2D eigenvalue weighted by Gasteiger charge is -2.43. The molecule has 4 nitrogen and oxygen atoms in total. The fraction of sp³-hybridized carbons (Fsp3) is 0.381. The van der Waals surface area contributed by atoms with Gasteiger partial charge in [-0.25, -0.2) is 4.39 Å². The summed E-state index contributed by atoms with van der Waals surface area (Å²) in [6.07, 6.45) is 2.62. The number of anilines is 1. The van der Waals surface area contributed by atoms with Gasteiger partial charge in [-0.15, -0.1) is 0 Å². The topological polar surface area (TPSA) is 35.6 Å². The van der Waals surface area contributed by atoms with Crippen LogP contribution in [-0.2, 0) is 11.2 Å². The summed E-state index contributed by atoms with van der Waals surface area (Å²) in [6.45, 7) is 3.31. The summed E-state index contributed by atoms with van der Waals surface area (Å²) in [7, 11) is 0. The molecular formula is C21H24FN3O. The van der Waals surface area contributed by atoms with Crippen LogP contribution in [0.2, 0.25) is 0 Å². The first kappa shape index (κ1) is 17.0. The Kier molecular flexibility index (Phi) is 4.64. The molecule has 136 valence electrons. The van der Waals surface area contributed by atoms with Gasteiger partial charge < -0.3 is 15.1 Å². The Balaban J connectivity index is 1.42. The molecule has 0 aliphatic carbocycles. The minimum absolute atomic E-state index is 0.101. The molecule has 1 amide bonds. The molecule has 2 heterocycles. The maximum atomic E-state index is 13.3. The molecule has 2 aromatic carbocycles. The molecule has 2 aliphatic heterocycles. The van der Waals surface area contributed by atoms with E-state index in [1.165, 1.54) is 17.7 Å². The number of carbonyl (C=O) groups is 1. The first-order chi connectivity index (χ1) is 12.7. The zero-order chi connectivity index (χ0) is 18.0. The van der Waals surface area contributed by atoms with Gasteiger partial charge >= 0.3 is 0 Å². The van der Waals surface area contributed by atoms with E-state index in [2.05, 4.69) is 39.4 Å². The van der Waals surface area contributed by atoms with Gasteiger partial charge in [0.1, 0.15) is 11.4 Å². The number of halogens is 1. The summed E-state index contributed by atoms with van der Waals surface area (Å²) in [5.41, 5.74) is 1.75. The van der Waals surface area contributed by atoms with Gasteiger partial charge in [0.05, 0.1) is 6.67 Å². The molecule has 26 heavy (non-hydrogen) atoms. The van der Waals surface area contributed by atoms with E-state index >= 15 is 0 Å². The van der Waals surface area contributed by atoms with Gasteiger partial charge in [0.15, 0.2) is 0 Å². The summed E-state index contributed by atoms with van der Waals surface area (Å²) in [5, 5.41) is 2.99. The van der Waals surface area contributed by atoms with Crippen molar-refractivity contribution < 1.29 is 9.18 Å². The standard InChI is InChI=1S/C21H24FN3O/c22-18-6-8-19(9-7-18)25-16-23-20(26)21(25)11-14-24(15-12-21)13-10-17-4-2-1-3-5-17/h1-9H,10-16H2,(H,23,26). The molecule has 0 radical (unpaired) electrons. The van der Waals surface area contributed by atoms with Crippen molar-refractivity contribution in [1.29, 1.82) is 0 Å². The molecule has 1 N–H and O–H groups in total. The van der Waals surface area contributed by atoms with Gasteiger partial charge in [0.2, 0.25) is 5.91 Å². The number of likely N-dealkylation sites (tertiary alicyclic amines) is 1. The lowest BCUT2D eigenvalue weighted by atomic mass is 9.85. The largest absolute Gasteiger partial charge is 0.339 e. The second kappa shape index (κ2) is 7.08. The lowest BCUT2D eigenvalue weighted by molar-refractivity contribution is -0.125. The van der Waals surface area contributed by atoms with E-state index in [-0.39, 0.29) is 11.7 Å². The van der Waals surface area contributed by atoms with Crippen molar-refractivity contribution in [3.8, 4) is 0 Å². The third kappa shape index (κ3) is 3.19. The average molecular weight is 353 g/mol. The Hall–Kier alpha value is -2.40. The highest BCUT2D eigenvalue weighted by molar-refractivity contribution is 5.93. The van der Waals surface area contributed by atoms with E-state index < -0.39 is 5.54 Å². The fourth-order valence-corrected chi connectivity index (χ4v) is 4.12. The zero-order valence-electron chi connectivity index (χ0n) is 14.8. The number of hydrogen-bond donors (Lipinski definition) is 1. The van der Waals surface area contributed by atoms with E-state index in [1.54, 1.807) is 12.1 Å². The Labute approximate surface area is 153 Å². The maximum absolute atomic E-state index is 13.3. The number of piperidine rings is 1. The minimum atomic E-state index is -0.499. The first-order valence-corrected chi connectivity index (χ1v) is 9.25. The number of hydrogen-bond acceptors (Lipinski definition) is 3. The van der Waals surface area contributed by atoms with Gasteiger partial charge in [-0.3, -0.25) is 4.79 Å². The quantitative estimate of drug-likeness (QED) is 0.918. The Morgan fingerprint density at radius 2 is 1.69 bits per heavy atom. The highest BCUT2D eigenvalue weighted by atomic mass is 19.1. The molecule has 1 spiro atoms. The van der Waals surface area contributed by atoms with Crippen LogP contribution in [0.15, 0.2) is 54.6 Å².